The molecule has 0 aliphatic carbocycles. The van der Waals surface area contributed by atoms with E-state index in [0.717, 1.165) is 17.1 Å². The van der Waals surface area contributed by atoms with Crippen LogP contribution in [-0.4, -0.2) is 37.6 Å². The van der Waals surface area contributed by atoms with Crippen molar-refractivity contribution in [3.05, 3.63) is 35.0 Å². The lowest BCUT2D eigenvalue weighted by Crippen LogP contribution is -2.06. The Morgan fingerprint density at radius 2 is 2.10 bits per heavy atom. The van der Waals surface area contributed by atoms with Crippen LogP contribution in [0, 0.1) is 0 Å². The molecule has 2 aromatic rings. The molecule has 0 unspecified atom stereocenters. The van der Waals surface area contributed by atoms with Crippen molar-refractivity contribution in [3.63, 3.8) is 0 Å². The minimum atomic E-state index is -1.08. The summed E-state index contributed by atoms with van der Waals surface area (Å²) in [5.74, 6) is 0.792. The average molecular weight is 312 g/mol. The van der Waals surface area contributed by atoms with Gasteiger partial charge in [0.2, 0.25) is 0 Å². The molecule has 0 bridgehead atoms. The molecule has 0 saturated carbocycles. The smallest absolute Gasteiger partial charge is 0.358 e. The number of carbonyl (C=O) groups is 1. The summed E-state index contributed by atoms with van der Waals surface area (Å²) in [5.41, 5.74) is 1.23. The molecule has 0 amide bonds. The van der Waals surface area contributed by atoms with E-state index < -0.39 is 5.97 Å². The Morgan fingerprint density at radius 3 is 2.70 bits per heavy atom. The van der Waals surface area contributed by atoms with Crippen molar-refractivity contribution in [1.29, 1.82) is 0 Å². The number of aromatic nitrogens is 3. The summed E-state index contributed by atoms with van der Waals surface area (Å²) >= 11 is 7.63. The lowest BCUT2D eigenvalue weighted by atomic mass is 10.1. The summed E-state index contributed by atoms with van der Waals surface area (Å²) in [6, 6.07) is 7.00. The van der Waals surface area contributed by atoms with E-state index in [4.69, 9.17) is 11.6 Å². The fourth-order valence-corrected chi connectivity index (χ4v) is 2.52. The van der Waals surface area contributed by atoms with Crippen molar-refractivity contribution >= 4 is 29.3 Å². The van der Waals surface area contributed by atoms with Crippen molar-refractivity contribution < 1.29 is 9.90 Å². The molecule has 1 N–H and O–H groups in total. The van der Waals surface area contributed by atoms with Gasteiger partial charge >= 0.3 is 5.97 Å². The second-order valence-electron chi connectivity index (χ2n) is 4.02. The second kappa shape index (κ2) is 6.76. The molecule has 1 aromatic heterocycles. The molecule has 0 atom stereocenters. The van der Waals surface area contributed by atoms with Crippen LogP contribution in [0.3, 0.4) is 0 Å². The summed E-state index contributed by atoms with van der Waals surface area (Å²) < 4.78 is 1.63. The van der Waals surface area contributed by atoms with Gasteiger partial charge in [0.05, 0.1) is 6.54 Å². The van der Waals surface area contributed by atoms with E-state index in [1.807, 2.05) is 0 Å². The quantitative estimate of drug-likeness (QED) is 0.830. The Morgan fingerprint density at radius 1 is 1.40 bits per heavy atom. The van der Waals surface area contributed by atoms with Crippen LogP contribution in [0.2, 0.25) is 5.02 Å². The molecular formula is C13H14ClN3O2S. The zero-order valence-electron chi connectivity index (χ0n) is 10.9. The Hall–Kier alpha value is -1.53. The first kappa shape index (κ1) is 14.9. The molecule has 0 fully saturated rings. The SMILES string of the molecule is CCSCCn1nnc(C(=O)O)c1-c1ccc(Cl)cc1. The lowest BCUT2D eigenvalue weighted by Gasteiger charge is -2.07. The molecule has 1 aromatic carbocycles. The Balaban J connectivity index is 2.38. The van der Waals surface area contributed by atoms with Crippen LogP contribution in [0.5, 0.6) is 0 Å². The van der Waals surface area contributed by atoms with E-state index in [0.29, 0.717) is 17.3 Å². The number of hydrogen-bond donors (Lipinski definition) is 1. The Kier molecular flexibility index (Phi) is 5.03. The molecule has 5 nitrogen and oxygen atoms in total. The first-order valence-electron chi connectivity index (χ1n) is 6.14. The molecule has 0 spiro atoms. The number of benzene rings is 1. The predicted molar refractivity (Wildman–Crippen MR) is 80.4 cm³/mol. The largest absolute Gasteiger partial charge is 0.476 e. The van der Waals surface area contributed by atoms with E-state index in [1.165, 1.54) is 0 Å². The highest BCUT2D eigenvalue weighted by atomic mass is 35.5. The number of nitrogens with zero attached hydrogens (tertiary/aromatic N) is 3. The predicted octanol–water partition coefficient (Wildman–Crippen LogP) is 3.05. The molecule has 1 heterocycles. The zero-order valence-corrected chi connectivity index (χ0v) is 12.5. The van der Waals surface area contributed by atoms with E-state index >= 15 is 0 Å². The number of hydrogen-bond acceptors (Lipinski definition) is 4. The molecule has 0 aliphatic rings. The van der Waals surface area contributed by atoms with Crippen LogP contribution in [-0.2, 0) is 6.54 Å². The molecular weight excluding hydrogens is 298 g/mol. The molecule has 0 saturated heterocycles. The van der Waals surface area contributed by atoms with Gasteiger partial charge in [-0.2, -0.15) is 11.8 Å². The lowest BCUT2D eigenvalue weighted by molar-refractivity contribution is 0.0691. The van der Waals surface area contributed by atoms with E-state index in [-0.39, 0.29) is 5.69 Å². The molecule has 0 aliphatic heterocycles. The topological polar surface area (TPSA) is 68.0 Å². The van der Waals surface area contributed by atoms with Gasteiger partial charge in [-0.1, -0.05) is 35.9 Å². The number of halogens is 1. The maximum Gasteiger partial charge on any atom is 0.358 e. The number of aromatic carboxylic acids is 1. The minimum Gasteiger partial charge on any atom is -0.476 e. The van der Waals surface area contributed by atoms with Crippen LogP contribution in [0.4, 0.5) is 0 Å². The first-order valence-corrected chi connectivity index (χ1v) is 7.67. The molecule has 106 valence electrons. The number of thioether (sulfide) groups is 1. The van der Waals surface area contributed by atoms with E-state index in [2.05, 4.69) is 17.2 Å². The third-order valence-electron chi connectivity index (χ3n) is 2.71. The van der Waals surface area contributed by atoms with Crippen LogP contribution in [0.25, 0.3) is 11.3 Å². The monoisotopic (exact) mass is 311 g/mol. The average Bonchev–Trinajstić information content (AvgIpc) is 2.84. The van der Waals surface area contributed by atoms with Crippen molar-refractivity contribution in [2.45, 2.75) is 13.5 Å². The van der Waals surface area contributed by atoms with Gasteiger partial charge in [0.1, 0.15) is 5.69 Å². The number of carboxylic acid groups (broad SMARTS) is 1. The maximum atomic E-state index is 11.3. The Labute approximate surface area is 125 Å². The van der Waals surface area contributed by atoms with Crippen LogP contribution >= 0.6 is 23.4 Å². The van der Waals surface area contributed by atoms with Crippen LogP contribution in [0.15, 0.2) is 24.3 Å². The summed E-state index contributed by atoms with van der Waals surface area (Å²) in [7, 11) is 0. The van der Waals surface area contributed by atoms with Gasteiger partial charge in [0.15, 0.2) is 5.69 Å². The van der Waals surface area contributed by atoms with E-state index in [9.17, 15) is 9.90 Å². The maximum absolute atomic E-state index is 11.3. The normalized spacial score (nSPS) is 10.7. The van der Waals surface area contributed by atoms with Gasteiger partial charge in [-0.05, 0) is 17.9 Å². The molecule has 0 radical (unpaired) electrons. The van der Waals surface area contributed by atoms with Gasteiger partial charge in [-0.3, -0.25) is 0 Å². The third-order valence-corrected chi connectivity index (χ3v) is 3.84. The Bertz CT molecular complexity index is 598. The summed E-state index contributed by atoms with van der Waals surface area (Å²) in [4.78, 5) is 11.3. The summed E-state index contributed by atoms with van der Waals surface area (Å²) in [5, 5.41) is 17.5. The second-order valence-corrected chi connectivity index (χ2v) is 5.85. The summed E-state index contributed by atoms with van der Waals surface area (Å²) in [6.07, 6.45) is 0. The van der Waals surface area contributed by atoms with Crippen molar-refractivity contribution in [2.75, 3.05) is 11.5 Å². The van der Waals surface area contributed by atoms with Crippen molar-refractivity contribution in [2.24, 2.45) is 0 Å². The van der Waals surface area contributed by atoms with Gasteiger partial charge in [-0.15, -0.1) is 5.10 Å². The highest BCUT2D eigenvalue weighted by Gasteiger charge is 2.20. The minimum absolute atomic E-state index is 0.0335. The highest BCUT2D eigenvalue weighted by Crippen LogP contribution is 2.24. The van der Waals surface area contributed by atoms with Gasteiger partial charge in [0, 0.05) is 16.3 Å². The van der Waals surface area contributed by atoms with Crippen molar-refractivity contribution in [3.8, 4) is 11.3 Å². The van der Waals surface area contributed by atoms with Gasteiger partial charge in [0.25, 0.3) is 0 Å². The fourth-order valence-electron chi connectivity index (χ4n) is 1.80. The third kappa shape index (κ3) is 3.32. The summed E-state index contributed by atoms with van der Waals surface area (Å²) in [6.45, 7) is 2.70. The number of carboxylic acids is 1. The fraction of sp³-hybridized carbons (Fsp3) is 0.308. The van der Waals surface area contributed by atoms with Crippen LogP contribution < -0.4 is 0 Å². The van der Waals surface area contributed by atoms with E-state index in [1.54, 1.807) is 40.7 Å². The van der Waals surface area contributed by atoms with Crippen molar-refractivity contribution in [1.82, 2.24) is 15.0 Å². The first-order chi connectivity index (χ1) is 9.63. The van der Waals surface area contributed by atoms with Gasteiger partial charge < -0.3 is 5.11 Å². The van der Waals surface area contributed by atoms with Crippen LogP contribution in [0.1, 0.15) is 17.4 Å². The molecule has 2 rings (SSSR count). The molecule has 20 heavy (non-hydrogen) atoms. The number of rotatable bonds is 6. The molecule has 7 heteroatoms. The van der Waals surface area contributed by atoms with Gasteiger partial charge in [-0.25, -0.2) is 9.48 Å². The standard InChI is InChI=1S/C13H14ClN3O2S/c1-2-20-8-7-17-12(11(13(18)19)15-16-17)9-3-5-10(14)6-4-9/h3-6H,2,7-8H2,1H3,(H,18,19). The number of aryl methyl sites for hydroxylation is 1. The highest BCUT2D eigenvalue weighted by molar-refractivity contribution is 7.99. The zero-order chi connectivity index (χ0) is 14.5.